The molecule has 1 heterocycles. The molecular weight excluding hydrogens is 164 g/mol. The van der Waals surface area contributed by atoms with Gasteiger partial charge >= 0.3 is 0 Å². The first-order chi connectivity index (χ1) is 4.61. The van der Waals surface area contributed by atoms with Crippen LogP contribution in [0.2, 0.25) is 0 Å². The van der Waals surface area contributed by atoms with Gasteiger partial charge in [-0.25, -0.2) is 4.98 Å². The average Bonchev–Trinajstić information content (AvgIpc) is 2.13. The first-order valence-electron chi connectivity index (χ1n) is 2.95. The van der Waals surface area contributed by atoms with Crippen LogP contribution in [-0.4, -0.2) is 19.1 Å². The molecule has 0 saturated carbocycles. The van der Waals surface area contributed by atoms with Crippen molar-refractivity contribution in [3.63, 3.8) is 0 Å². The van der Waals surface area contributed by atoms with Gasteiger partial charge in [-0.1, -0.05) is 11.3 Å². The fourth-order valence-electron chi connectivity index (χ4n) is 0.566. The quantitative estimate of drug-likeness (QED) is 0.654. The molecule has 0 atom stereocenters. The van der Waals surface area contributed by atoms with Gasteiger partial charge in [0.1, 0.15) is 0 Å². The lowest BCUT2D eigenvalue weighted by Crippen LogP contribution is -2.07. The second kappa shape index (κ2) is 2.80. The molecule has 0 aliphatic carbocycles. The number of hydrogen-bond acceptors (Lipinski definition) is 4. The average molecular weight is 174 g/mol. The summed E-state index contributed by atoms with van der Waals surface area (Å²) in [6.45, 7) is 1.96. The van der Waals surface area contributed by atoms with E-state index in [0.717, 1.165) is 15.0 Å². The highest BCUT2D eigenvalue weighted by molar-refractivity contribution is 7.83. The van der Waals surface area contributed by atoms with Crippen molar-refractivity contribution < 1.29 is 0 Å². The Morgan fingerprint density at radius 2 is 2.10 bits per heavy atom. The van der Waals surface area contributed by atoms with E-state index in [1.54, 1.807) is 11.3 Å². The highest BCUT2D eigenvalue weighted by Crippen LogP contribution is 2.26. The van der Waals surface area contributed by atoms with Crippen molar-refractivity contribution in [3.05, 3.63) is 5.69 Å². The fraction of sp³-hybridized carbons (Fsp3) is 0.500. The summed E-state index contributed by atoms with van der Waals surface area (Å²) in [4.78, 5) is 6.26. The van der Waals surface area contributed by atoms with Crippen molar-refractivity contribution in [2.24, 2.45) is 0 Å². The highest BCUT2D eigenvalue weighted by Gasteiger charge is 2.04. The first-order valence-corrected chi connectivity index (χ1v) is 4.21. The molecule has 56 valence electrons. The van der Waals surface area contributed by atoms with Crippen LogP contribution in [0.25, 0.3) is 0 Å². The van der Waals surface area contributed by atoms with Crippen LogP contribution in [0.5, 0.6) is 0 Å². The lowest BCUT2D eigenvalue weighted by Gasteiger charge is -2.04. The molecule has 10 heavy (non-hydrogen) atoms. The lowest BCUT2D eigenvalue weighted by molar-refractivity contribution is 1.08. The van der Waals surface area contributed by atoms with Gasteiger partial charge in [0.2, 0.25) is 0 Å². The second-order valence-corrected chi connectivity index (χ2v) is 4.01. The maximum atomic E-state index is 4.28. The van der Waals surface area contributed by atoms with E-state index < -0.39 is 0 Å². The number of aromatic nitrogens is 1. The number of nitrogens with zero attached hydrogens (tertiary/aromatic N) is 2. The summed E-state index contributed by atoms with van der Waals surface area (Å²) in [5.41, 5.74) is 1.01. The minimum absolute atomic E-state index is 1.00. The summed E-state index contributed by atoms with van der Waals surface area (Å²) in [5.74, 6) is 0. The SMILES string of the molecule is Cc1nc(N(C)C)sc1S. The third-order valence-electron chi connectivity index (χ3n) is 1.14. The van der Waals surface area contributed by atoms with Gasteiger partial charge < -0.3 is 4.90 Å². The summed E-state index contributed by atoms with van der Waals surface area (Å²) >= 11 is 5.84. The third kappa shape index (κ3) is 1.44. The summed E-state index contributed by atoms with van der Waals surface area (Å²) < 4.78 is 1.00. The predicted molar refractivity (Wildman–Crippen MR) is 48.4 cm³/mol. The minimum atomic E-state index is 1.00. The van der Waals surface area contributed by atoms with Gasteiger partial charge in [-0.05, 0) is 6.92 Å². The summed E-state index contributed by atoms with van der Waals surface area (Å²) in [6, 6.07) is 0. The molecule has 0 bridgehead atoms. The number of thiol groups is 1. The summed E-state index contributed by atoms with van der Waals surface area (Å²) in [7, 11) is 3.96. The van der Waals surface area contributed by atoms with Crippen molar-refractivity contribution >= 4 is 29.1 Å². The standard InChI is InChI=1S/C6H10N2S2/c1-4-5(9)10-6(7-4)8(2)3/h9H,1-3H3. The molecule has 0 spiro atoms. The van der Waals surface area contributed by atoms with Crippen molar-refractivity contribution in [3.8, 4) is 0 Å². The molecule has 0 amide bonds. The van der Waals surface area contributed by atoms with Gasteiger partial charge in [0, 0.05) is 14.1 Å². The molecular formula is C6H10N2S2. The zero-order valence-electron chi connectivity index (χ0n) is 6.25. The Hall–Kier alpha value is -0.220. The van der Waals surface area contributed by atoms with E-state index in [4.69, 9.17) is 0 Å². The van der Waals surface area contributed by atoms with Gasteiger partial charge in [0.15, 0.2) is 5.13 Å². The highest BCUT2D eigenvalue weighted by atomic mass is 32.2. The zero-order chi connectivity index (χ0) is 7.72. The molecule has 4 heteroatoms. The van der Waals surface area contributed by atoms with E-state index >= 15 is 0 Å². The topological polar surface area (TPSA) is 16.1 Å². The minimum Gasteiger partial charge on any atom is -0.354 e. The van der Waals surface area contributed by atoms with Crippen LogP contribution in [0.3, 0.4) is 0 Å². The van der Waals surface area contributed by atoms with Gasteiger partial charge in [0.25, 0.3) is 0 Å². The molecule has 0 unspecified atom stereocenters. The van der Waals surface area contributed by atoms with Crippen LogP contribution in [-0.2, 0) is 0 Å². The molecule has 0 radical (unpaired) electrons. The van der Waals surface area contributed by atoms with Crippen molar-refractivity contribution in [1.29, 1.82) is 0 Å². The molecule has 0 aliphatic heterocycles. The maximum Gasteiger partial charge on any atom is 0.186 e. The van der Waals surface area contributed by atoms with Crippen LogP contribution < -0.4 is 4.90 Å². The van der Waals surface area contributed by atoms with Gasteiger partial charge in [-0.3, -0.25) is 0 Å². The molecule has 0 fully saturated rings. The Morgan fingerprint density at radius 1 is 1.50 bits per heavy atom. The number of thiazole rings is 1. The molecule has 0 N–H and O–H groups in total. The molecule has 2 nitrogen and oxygen atoms in total. The predicted octanol–water partition coefficient (Wildman–Crippen LogP) is 1.81. The van der Waals surface area contributed by atoms with Crippen LogP contribution in [0, 0.1) is 6.92 Å². The molecule has 0 saturated heterocycles. The van der Waals surface area contributed by atoms with Crippen molar-refractivity contribution in [2.45, 2.75) is 11.1 Å². The van der Waals surface area contributed by atoms with E-state index in [9.17, 15) is 0 Å². The summed E-state index contributed by atoms with van der Waals surface area (Å²) in [5, 5.41) is 1.02. The normalized spacial score (nSPS) is 10.0. The van der Waals surface area contributed by atoms with E-state index in [0.29, 0.717) is 0 Å². The largest absolute Gasteiger partial charge is 0.354 e. The number of aryl methyl sites for hydroxylation is 1. The van der Waals surface area contributed by atoms with Crippen LogP contribution in [0.15, 0.2) is 4.21 Å². The van der Waals surface area contributed by atoms with E-state index in [2.05, 4.69) is 17.6 Å². The van der Waals surface area contributed by atoms with Gasteiger partial charge in [-0.2, -0.15) is 0 Å². The lowest BCUT2D eigenvalue weighted by atomic mass is 10.6. The number of rotatable bonds is 1. The fourth-order valence-corrected chi connectivity index (χ4v) is 1.59. The third-order valence-corrected chi connectivity index (χ3v) is 2.87. The Labute approximate surface area is 70.3 Å². The van der Waals surface area contributed by atoms with E-state index in [-0.39, 0.29) is 0 Å². The van der Waals surface area contributed by atoms with Gasteiger partial charge in [-0.15, -0.1) is 12.6 Å². The monoisotopic (exact) mass is 174 g/mol. The van der Waals surface area contributed by atoms with Gasteiger partial charge in [0.05, 0.1) is 9.90 Å². The number of hydrogen-bond donors (Lipinski definition) is 1. The molecule has 1 aromatic heterocycles. The Bertz CT molecular complexity index is 210. The number of anilines is 1. The second-order valence-electron chi connectivity index (χ2n) is 2.28. The van der Waals surface area contributed by atoms with E-state index in [1.807, 2.05) is 25.9 Å². The zero-order valence-corrected chi connectivity index (χ0v) is 7.96. The molecule has 0 aromatic carbocycles. The van der Waals surface area contributed by atoms with Crippen LogP contribution in [0.4, 0.5) is 5.13 Å². The molecule has 1 aromatic rings. The van der Waals surface area contributed by atoms with E-state index in [1.165, 1.54) is 0 Å². The molecule has 1 rings (SSSR count). The Morgan fingerprint density at radius 3 is 2.30 bits per heavy atom. The molecule has 0 aliphatic rings. The Kier molecular flexibility index (Phi) is 2.21. The Balaban J connectivity index is 2.98. The van der Waals surface area contributed by atoms with Crippen molar-refractivity contribution in [2.75, 3.05) is 19.0 Å². The van der Waals surface area contributed by atoms with Crippen LogP contribution >= 0.6 is 24.0 Å². The summed E-state index contributed by atoms with van der Waals surface area (Å²) in [6.07, 6.45) is 0. The van der Waals surface area contributed by atoms with Crippen molar-refractivity contribution in [1.82, 2.24) is 4.98 Å². The first kappa shape index (κ1) is 7.88. The smallest absolute Gasteiger partial charge is 0.186 e. The maximum absolute atomic E-state index is 4.28. The van der Waals surface area contributed by atoms with Crippen LogP contribution in [0.1, 0.15) is 5.69 Å².